The molecular formula is C23H25ClN4S. The van der Waals surface area contributed by atoms with Crippen molar-refractivity contribution in [2.75, 3.05) is 0 Å². The fraction of sp³-hybridized carbons (Fsp3) is 0.304. The highest BCUT2D eigenvalue weighted by atomic mass is 35.5. The molecule has 29 heavy (non-hydrogen) atoms. The fourth-order valence-corrected chi connectivity index (χ4v) is 5.02. The van der Waals surface area contributed by atoms with E-state index in [1.807, 2.05) is 36.5 Å². The summed E-state index contributed by atoms with van der Waals surface area (Å²) in [6, 6.07) is 16.5. The minimum absolute atomic E-state index is 0.00806. The molecule has 1 aliphatic rings. The molecule has 2 atom stereocenters. The van der Waals surface area contributed by atoms with Crippen molar-refractivity contribution in [1.29, 1.82) is 0 Å². The zero-order chi connectivity index (χ0) is 20.7. The Morgan fingerprint density at radius 3 is 2.48 bits per heavy atom. The zero-order valence-corrected chi connectivity index (χ0v) is 18.6. The molecule has 0 saturated carbocycles. The van der Waals surface area contributed by atoms with Gasteiger partial charge in [-0.25, -0.2) is 0 Å². The maximum atomic E-state index is 6.52. The van der Waals surface area contributed by atoms with Gasteiger partial charge in [0.15, 0.2) is 5.11 Å². The lowest BCUT2D eigenvalue weighted by atomic mass is 9.96. The van der Waals surface area contributed by atoms with Crippen molar-refractivity contribution in [3.63, 3.8) is 0 Å². The summed E-state index contributed by atoms with van der Waals surface area (Å²) in [6.45, 7) is 8.63. The zero-order valence-electron chi connectivity index (χ0n) is 17.1. The molecule has 1 aromatic carbocycles. The Labute approximate surface area is 182 Å². The smallest absolute Gasteiger partial charge is 0.170 e. The lowest BCUT2D eigenvalue weighted by Gasteiger charge is -2.31. The van der Waals surface area contributed by atoms with E-state index in [1.54, 1.807) is 0 Å². The van der Waals surface area contributed by atoms with E-state index in [0.29, 0.717) is 0 Å². The Morgan fingerprint density at radius 1 is 1.10 bits per heavy atom. The third-order valence-electron chi connectivity index (χ3n) is 5.57. The van der Waals surface area contributed by atoms with Gasteiger partial charge in [-0.2, -0.15) is 0 Å². The second-order valence-corrected chi connectivity index (χ2v) is 8.53. The number of benzene rings is 1. The summed E-state index contributed by atoms with van der Waals surface area (Å²) in [7, 11) is 0. The van der Waals surface area contributed by atoms with Gasteiger partial charge < -0.3 is 14.8 Å². The summed E-state index contributed by atoms with van der Waals surface area (Å²) in [5.41, 5.74) is 5.53. The second kappa shape index (κ2) is 7.81. The van der Waals surface area contributed by atoms with Crippen LogP contribution in [0.4, 0.5) is 0 Å². The van der Waals surface area contributed by atoms with Gasteiger partial charge in [-0.15, -0.1) is 0 Å². The van der Waals surface area contributed by atoms with Crippen molar-refractivity contribution in [2.24, 2.45) is 0 Å². The van der Waals surface area contributed by atoms with Crippen LogP contribution < -0.4 is 5.32 Å². The Balaban J connectivity index is 1.88. The molecule has 1 fully saturated rings. The number of halogens is 1. The van der Waals surface area contributed by atoms with Gasteiger partial charge in [-0.05, 0) is 75.8 Å². The van der Waals surface area contributed by atoms with E-state index in [0.717, 1.165) is 27.2 Å². The normalized spacial score (nSPS) is 19.1. The molecule has 0 radical (unpaired) electrons. The van der Waals surface area contributed by atoms with E-state index >= 15 is 0 Å². The number of pyridine rings is 1. The third-order valence-corrected chi connectivity index (χ3v) is 6.22. The first-order valence-electron chi connectivity index (χ1n) is 9.83. The largest absolute Gasteiger partial charge is 0.352 e. The lowest BCUT2D eigenvalue weighted by Crippen LogP contribution is -2.35. The van der Waals surface area contributed by atoms with Crippen molar-refractivity contribution in [2.45, 2.75) is 45.8 Å². The number of thiocarbonyl (C=S) groups is 1. The third kappa shape index (κ3) is 3.43. The molecule has 0 spiro atoms. The number of aromatic nitrogens is 2. The topological polar surface area (TPSA) is 33.1 Å². The highest BCUT2D eigenvalue weighted by Crippen LogP contribution is 2.42. The van der Waals surface area contributed by atoms with Crippen LogP contribution in [-0.4, -0.2) is 25.6 Å². The first-order valence-corrected chi connectivity index (χ1v) is 10.6. The standard InChI is InChI=1S/C23H25ClN4S/c1-14(2)27-22(21(26-23(27)29)19-10-7-8-12-25-19)17-13-15(3)28(16(17)4)20-11-6-5-9-18(20)24/h5-14,21-22H,1-4H3,(H,26,29). The molecular weight excluding hydrogens is 400 g/mol. The van der Waals surface area contributed by atoms with Crippen molar-refractivity contribution >= 4 is 28.9 Å². The van der Waals surface area contributed by atoms with Gasteiger partial charge in [-0.3, -0.25) is 4.98 Å². The van der Waals surface area contributed by atoms with E-state index in [2.05, 4.69) is 65.7 Å². The van der Waals surface area contributed by atoms with Crippen LogP contribution >= 0.6 is 23.8 Å². The molecule has 1 saturated heterocycles. The summed E-state index contributed by atoms with van der Waals surface area (Å²) >= 11 is 12.3. The Kier molecular flexibility index (Phi) is 5.36. The summed E-state index contributed by atoms with van der Waals surface area (Å²) in [5, 5.41) is 5.02. The van der Waals surface area contributed by atoms with E-state index in [9.17, 15) is 0 Å². The van der Waals surface area contributed by atoms with Gasteiger partial charge in [0.1, 0.15) is 0 Å². The van der Waals surface area contributed by atoms with Crippen molar-refractivity contribution in [3.8, 4) is 5.69 Å². The summed E-state index contributed by atoms with van der Waals surface area (Å²) in [6.07, 6.45) is 1.84. The minimum atomic E-state index is -0.00806. The number of rotatable bonds is 4. The monoisotopic (exact) mass is 424 g/mol. The molecule has 1 aliphatic heterocycles. The molecule has 0 aliphatic carbocycles. The molecule has 0 bridgehead atoms. The van der Waals surface area contributed by atoms with Crippen molar-refractivity contribution in [3.05, 3.63) is 82.4 Å². The molecule has 6 heteroatoms. The summed E-state index contributed by atoms with van der Waals surface area (Å²) in [4.78, 5) is 6.90. The predicted octanol–water partition coefficient (Wildman–Crippen LogP) is 5.52. The molecule has 150 valence electrons. The average molecular weight is 425 g/mol. The number of aryl methyl sites for hydroxylation is 1. The quantitative estimate of drug-likeness (QED) is 0.558. The SMILES string of the molecule is Cc1cc(C2C(c3ccccn3)NC(=S)N2C(C)C)c(C)n1-c1ccccc1Cl. The number of nitrogens with one attached hydrogen (secondary N) is 1. The lowest BCUT2D eigenvalue weighted by molar-refractivity contribution is 0.269. The molecule has 4 rings (SSSR count). The molecule has 2 unspecified atom stereocenters. The van der Waals surface area contributed by atoms with Gasteiger partial charge >= 0.3 is 0 Å². The number of para-hydroxylation sites is 1. The van der Waals surface area contributed by atoms with Crippen LogP contribution in [0.2, 0.25) is 5.02 Å². The van der Waals surface area contributed by atoms with Gasteiger partial charge in [0.05, 0.1) is 28.5 Å². The Morgan fingerprint density at radius 2 is 1.83 bits per heavy atom. The number of hydrogen-bond acceptors (Lipinski definition) is 2. The van der Waals surface area contributed by atoms with E-state index < -0.39 is 0 Å². The Bertz CT molecular complexity index is 1040. The molecule has 3 aromatic rings. The van der Waals surface area contributed by atoms with Gasteiger partial charge in [0, 0.05) is 23.6 Å². The van der Waals surface area contributed by atoms with Crippen LogP contribution in [0.5, 0.6) is 0 Å². The molecule has 1 N–H and O–H groups in total. The first-order chi connectivity index (χ1) is 13.9. The Hall–Kier alpha value is -2.37. The average Bonchev–Trinajstić information content (AvgIpc) is 3.19. The molecule has 4 nitrogen and oxygen atoms in total. The molecule has 3 heterocycles. The van der Waals surface area contributed by atoms with Crippen molar-refractivity contribution < 1.29 is 0 Å². The maximum Gasteiger partial charge on any atom is 0.170 e. The van der Waals surface area contributed by atoms with Crippen molar-refractivity contribution in [1.82, 2.24) is 19.8 Å². The fourth-order valence-electron chi connectivity index (χ4n) is 4.34. The predicted molar refractivity (Wildman–Crippen MR) is 123 cm³/mol. The summed E-state index contributed by atoms with van der Waals surface area (Å²) < 4.78 is 2.23. The second-order valence-electron chi connectivity index (χ2n) is 7.74. The highest BCUT2D eigenvalue weighted by Gasteiger charge is 2.42. The van der Waals surface area contributed by atoms with E-state index in [4.69, 9.17) is 23.8 Å². The van der Waals surface area contributed by atoms with Crippen LogP contribution in [0.25, 0.3) is 5.69 Å². The summed E-state index contributed by atoms with van der Waals surface area (Å²) in [5.74, 6) is 0. The maximum absolute atomic E-state index is 6.52. The first kappa shape index (κ1) is 19.9. The van der Waals surface area contributed by atoms with E-state index in [-0.39, 0.29) is 18.1 Å². The van der Waals surface area contributed by atoms with E-state index in [1.165, 1.54) is 11.3 Å². The molecule has 2 aromatic heterocycles. The van der Waals surface area contributed by atoms with Crippen LogP contribution in [0.3, 0.4) is 0 Å². The van der Waals surface area contributed by atoms with Crippen LogP contribution in [0.15, 0.2) is 54.7 Å². The molecule has 0 amide bonds. The van der Waals surface area contributed by atoms with Crippen LogP contribution in [-0.2, 0) is 0 Å². The van der Waals surface area contributed by atoms with Crippen LogP contribution in [0, 0.1) is 13.8 Å². The van der Waals surface area contributed by atoms with Gasteiger partial charge in [0.2, 0.25) is 0 Å². The minimum Gasteiger partial charge on any atom is -0.352 e. The number of nitrogens with zero attached hydrogens (tertiary/aromatic N) is 3. The number of hydrogen-bond donors (Lipinski definition) is 1. The highest BCUT2D eigenvalue weighted by molar-refractivity contribution is 7.80. The van der Waals surface area contributed by atoms with Crippen LogP contribution in [0.1, 0.15) is 48.6 Å². The van der Waals surface area contributed by atoms with Gasteiger partial charge in [-0.1, -0.05) is 29.8 Å². The van der Waals surface area contributed by atoms with Gasteiger partial charge in [0.25, 0.3) is 0 Å².